The van der Waals surface area contributed by atoms with Crippen molar-refractivity contribution in [1.82, 2.24) is 5.06 Å². The zero-order valence-corrected chi connectivity index (χ0v) is 9.42. The van der Waals surface area contributed by atoms with E-state index in [0.29, 0.717) is 6.04 Å². The molecule has 0 aliphatic rings. The number of hydroxylamine groups is 2. The molecule has 80 valence electrons. The molecule has 0 fully saturated rings. The van der Waals surface area contributed by atoms with E-state index in [0.717, 1.165) is 25.8 Å². The number of nitrogens with zero attached hydrogens (tertiary/aromatic N) is 1. The predicted molar refractivity (Wildman–Crippen MR) is 57.0 cm³/mol. The van der Waals surface area contributed by atoms with Crippen molar-refractivity contribution in [2.24, 2.45) is 0 Å². The van der Waals surface area contributed by atoms with Crippen molar-refractivity contribution in [2.45, 2.75) is 65.3 Å². The predicted octanol–water partition coefficient (Wildman–Crippen LogP) is 3.45. The van der Waals surface area contributed by atoms with Crippen LogP contribution in [0, 0.1) is 0 Å². The summed E-state index contributed by atoms with van der Waals surface area (Å²) < 4.78 is 0. The highest BCUT2D eigenvalue weighted by atomic mass is 16.5. The van der Waals surface area contributed by atoms with Gasteiger partial charge in [-0.15, -0.1) is 0 Å². The molecular formula is C11H25NO. The maximum Gasteiger partial charge on any atom is 0.0321 e. The van der Waals surface area contributed by atoms with Crippen molar-refractivity contribution in [2.75, 3.05) is 6.54 Å². The van der Waals surface area contributed by atoms with E-state index in [1.807, 2.05) is 0 Å². The van der Waals surface area contributed by atoms with E-state index in [9.17, 15) is 5.21 Å². The molecule has 0 spiro atoms. The summed E-state index contributed by atoms with van der Waals surface area (Å²) in [6.45, 7) is 7.28. The molecule has 0 rings (SSSR count). The lowest BCUT2D eigenvalue weighted by molar-refractivity contribution is -0.124. The molecule has 0 bridgehead atoms. The van der Waals surface area contributed by atoms with Gasteiger partial charge in [0.1, 0.15) is 0 Å². The van der Waals surface area contributed by atoms with Crippen LogP contribution in [0.15, 0.2) is 0 Å². The Morgan fingerprint density at radius 2 is 1.77 bits per heavy atom. The van der Waals surface area contributed by atoms with Gasteiger partial charge in [0.25, 0.3) is 0 Å². The zero-order chi connectivity index (χ0) is 10.1. The third kappa shape index (κ3) is 7.03. The molecule has 2 heteroatoms. The van der Waals surface area contributed by atoms with Gasteiger partial charge in [0.2, 0.25) is 0 Å². The third-order valence-electron chi connectivity index (χ3n) is 2.46. The minimum absolute atomic E-state index is 0.326. The molecule has 1 unspecified atom stereocenters. The van der Waals surface area contributed by atoms with Crippen molar-refractivity contribution in [3.05, 3.63) is 0 Å². The summed E-state index contributed by atoms with van der Waals surface area (Å²) in [7, 11) is 0. The van der Waals surface area contributed by atoms with Gasteiger partial charge in [-0.05, 0) is 19.8 Å². The number of hydrogen-bond acceptors (Lipinski definition) is 2. The molecule has 0 radical (unpaired) electrons. The van der Waals surface area contributed by atoms with Gasteiger partial charge in [-0.2, -0.15) is 5.06 Å². The number of unbranched alkanes of at least 4 members (excludes halogenated alkanes) is 3. The minimum Gasteiger partial charge on any atom is -0.314 e. The molecule has 0 heterocycles. The average molecular weight is 187 g/mol. The van der Waals surface area contributed by atoms with Gasteiger partial charge in [-0.3, -0.25) is 0 Å². The summed E-state index contributed by atoms with van der Waals surface area (Å²) in [5, 5.41) is 11.1. The van der Waals surface area contributed by atoms with Gasteiger partial charge in [0.05, 0.1) is 0 Å². The highest BCUT2D eigenvalue weighted by molar-refractivity contribution is 4.58. The summed E-state index contributed by atoms with van der Waals surface area (Å²) in [4.78, 5) is 0. The maximum atomic E-state index is 9.58. The van der Waals surface area contributed by atoms with Gasteiger partial charge in [0.15, 0.2) is 0 Å². The topological polar surface area (TPSA) is 23.5 Å². The van der Waals surface area contributed by atoms with Gasteiger partial charge in [-0.1, -0.05) is 39.5 Å². The lowest BCUT2D eigenvalue weighted by Gasteiger charge is -2.21. The first-order valence-electron chi connectivity index (χ1n) is 5.67. The SMILES string of the molecule is CCCCCCN(O)C(C)CCC. The van der Waals surface area contributed by atoms with Crippen molar-refractivity contribution in [3.8, 4) is 0 Å². The van der Waals surface area contributed by atoms with E-state index < -0.39 is 0 Å². The Bertz CT molecular complexity index is 106. The largest absolute Gasteiger partial charge is 0.314 e. The van der Waals surface area contributed by atoms with Crippen LogP contribution in [0.1, 0.15) is 59.3 Å². The maximum absolute atomic E-state index is 9.58. The van der Waals surface area contributed by atoms with Gasteiger partial charge in [-0.25, -0.2) is 0 Å². The summed E-state index contributed by atoms with van der Waals surface area (Å²) in [6.07, 6.45) is 7.15. The molecule has 0 saturated heterocycles. The smallest absolute Gasteiger partial charge is 0.0321 e. The molecule has 0 aliphatic carbocycles. The van der Waals surface area contributed by atoms with E-state index in [-0.39, 0.29) is 0 Å². The zero-order valence-electron chi connectivity index (χ0n) is 9.42. The quantitative estimate of drug-likeness (QED) is 0.465. The fraction of sp³-hybridized carbons (Fsp3) is 1.00. The standard InChI is InChI=1S/C11H25NO/c1-4-6-7-8-10-12(13)11(3)9-5-2/h11,13H,4-10H2,1-3H3. The Kier molecular flexibility index (Phi) is 8.46. The first kappa shape index (κ1) is 12.9. The second-order valence-corrected chi connectivity index (χ2v) is 3.86. The average Bonchev–Trinajstić information content (AvgIpc) is 2.12. The monoisotopic (exact) mass is 187 g/mol. The summed E-state index contributed by atoms with van der Waals surface area (Å²) in [6, 6.07) is 0.326. The Balaban J connectivity index is 3.32. The van der Waals surface area contributed by atoms with Gasteiger partial charge in [0, 0.05) is 12.6 Å². The molecule has 13 heavy (non-hydrogen) atoms. The summed E-state index contributed by atoms with van der Waals surface area (Å²) in [5.74, 6) is 0. The van der Waals surface area contributed by atoms with Crippen LogP contribution < -0.4 is 0 Å². The van der Waals surface area contributed by atoms with E-state index in [2.05, 4.69) is 20.8 Å². The highest BCUT2D eigenvalue weighted by Crippen LogP contribution is 2.06. The second kappa shape index (κ2) is 8.52. The van der Waals surface area contributed by atoms with E-state index in [1.54, 1.807) is 0 Å². The first-order chi connectivity index (χ1) is 6.22. The van der Waals surface area contributed by atoms with Gasteiger partial charge >= 0.3 is 0 Å². The van der Waals surface area contributed by atoms with Gasteiger partial charge < -0.3 is 5.21 Å². The molecule has 0 aromatic rings. The first-order valence-corrected chi connectivity index (χ1v) is 5.67. The Hall–Kier alpha value is -0.0800. The molecular weight excluding hydrogens is 162 g/mol. The van der Waals surface area contributed by atoms with Crippen LogP contribution in [0.3, 0.4) is 0 Å². The van der Waals surface area contributed by atoms with Crippen LogP contribution in [-0.2, 0) is 0 Å². The van der Waals surface area contributed by atoms with Crippen molar-refractivity contribution in [3.63, 3.8) is 0 Å². The fourth-order valence-electron chi connectivity index (χ4n) is 1.49. The molecule has 1 atom stereocenters. The lowest BCUT2D eigenvalue weighted by Crippen LogP contribution is -2.30. The lowest BCUT2D eigenvalue weighted by atomic mass is 10.1. The second-order valence-electron chi connectivity index (χ2n) is 3.86. The molecule has 0 amide bonds. The van der Waals surface area contributed by atoms with Crippen LogP contribution in [0.25, 0.3) is 0 Å². The Morgan fingerprint density at radius 3 is 2.31 bits per heavy atom. The Labute approximate surface area is 82.9 Å². The summed E-state index contributed by atoms with van der Waals surface area (Å²) >= 11 is 0. The van der Waals surface area contributed by atoms with E-state index in [4.69, 9.17) is 0 Å². The minimum atomic E-state index is 0.326. The highest BCUT2D eigenvalue weighted by Gasteiger charge is 2.08. The van der Waals surface area contributed by atoms with Crippen molar-refractivity contribution < 1.29 is 5.21 Å². The van der Waals surface area contributed by atoms with Crippen LogP contribution >= 0.6 is 0 Å². The van der Waals surface area contributed by atoms with Crippen LogP contribution in [-0.4, -0.2) is 22.9 Å². The molecule has 2 nitrogen and oxygen atoms in total. The molecule has 0 aliphatic heterocycles. The van der Waals surface area contributed by atoms with Crippen molar-refractivity contribution in [1.29, 1.82) is 0 Å². The van der Waals surface area contributed by atoms with Crippen molar-refractivity contribution >= 4 is 0 Å². The molecule has 0 aromatic heterocycles. The van der Waals surface area contributed by atoms with Crippen LogP contribution in [0.5, 0.6) is 0 Å². The molecule has 1 N–H and O–H groups in total. The van der Waals surface area contributed by atoms with E-state index >= 15 is 0 Å². The molecule has 0 saturated carbocycles. The number of hydrogen-bond donors (Lipinski definition) is 1. The fourth-order valence-corrected chi connectivity index (χ4v) is 1.49. The normalized spacial score (nSPS) is 13.6. The number of rotatable bonds is 8. The Morgan fingerprint density at radius 1 is 1.08 bits per heavy atom. The van der Waals surface area contributed by atoms with Crippen LogP contribution in [0.2, 0.25) is 0 Å². The summed E-state index contributed by atoms with van der Waals surface area (Å²) in [5.41, 5.74) is 0. The third-order valence-corrected chi connectivity index (χ3v) is 2.46. The molecule has 0 aromatic carbocycles. The van der Waals surface area contributed by atoms with Crippen LogP contribution in [0.4, 0.5) is 0 Å². The van der Waals surface area contributed by atoms with E-state index in [1.165, 1.54) is 24.3 Å².